The molecule has 0 spiro atoms. The number of nitrogens with one attached hydrogen (secondary N) is 2. The SMILES string of the molecule is CC(=O)Nc1cccc(C(=O)Nc2ccc(CN)cn2)c1. The molecule has 0 atom stereocenters. The molecule has 1 aromatic carbocycles. The van der Waals surface area contributed by atoms with Crippen LogP contribution in [0.1, 0.15) is 22.8 Å². The molecule has 4 N–H and O–H groups in total. The average Bonchev–Trinajstić information content (AvgIpc) is 2.47. The van der Waals surface area contributed by atoms with E-state index in [0.717, 1.165) is 5.56 Å². The molecule has 0 unspecified atom stereocenters. The molecule has 2 amide bonds. The van der Waals surface area contributed by atoms with E-state index in [1.165, 1.54) is 6.92 Å². The number of benzene rings is 1. The molecular weight excluding hydrogens is 268 g/mol. The number of rotatable bonds is 4. The molecule has 6 nitrogen and oxygen atoms in total. The second-order valence-corrected chi connectivity index (χ2v) is 4.47. The topological polar surface area (TPSA) is 97.1 Å². The van der Waals surface area contributed by atoms with Gasteiger partial charge in [-0.15, -0.1) is 0 Å². The second-order valence-electron chi connectivity index (χ2n) is 4.47. The Kier molecular flexibility index (Phi) is 4.63. The zero-order valence-electron chi connectivity index (χ0n) is 11.6. The minimum absolute atomic E-state index is 0.188. The molecule has 0 saturated heterocycles. The highest BCUT2D eigenvalue weighted by atomic mass is 16.2. The fourth-order valence-electron chi connectivity index (χ4n) is 1.75. The summed E-state index contributed by atoms with van der Waals surface area (Å²) >= 11 is 0. The summed E-state index contributed by atoms with van der Waals surface area (Å²) in [5, 5.41) is 5.32. The van der Waals surface area contributed by atoms with E-state index in [0.29, 0.717) is 23.6 Å². The summed E-state index contributed by atoms with van der Waals surface area (Å²) in [6.07, 6.45) is 1.61. The van der Waals surface area contributed by atoms with Crippen LogP contribution in [0.15, 0.2) is 42.6 Å². The predicted octanol–water partition coefficient (Wildman–Crippen LogP) is 1.75. The second kappa shape index (κ2) is 6.62. The van der Waals surface area contributed by atoms with E-state index < -0.39 is 0 Å². The summed E-state index contributed by atoms with van der Waals surface area (Å²) in [6, 6.07) is 10.2. The molecule has 1 aromatic heterocycles. The van der Waals surface area contributed by atoms with Crippen molar-refractivity contribution in [3.05, 3.63) is 53.7 Å². The lowest BCUT2D eigenvalue weighted by Crippen LogP contribution is -2.14. The maximum Gasteiger partial charge on any atom is 0.256 e. The van der Waals surface area contributed by atoms with Crippen molar-refractivity contribution in [2.24, 2.45) is 5.73 Å². The fraction of sp³-hybridized carbons (Fsp3) is 0.133. The van der Waals surface area contributed by atoms with E-state index >= 15 is 0 Å². The van der Waals surface area contributed by atoms with Gasteiger partial charge in [0.1, 0.15) is 5.82 Å². The summed E-state index contributed by atoms with van der Waals surface area (Å²) in [6.45, 7) is 1.82. The van der Waals surface area contributed by atoms with E-state index in [-0.39, 0.29) is 11.8 Å². The number of aromatic nitrogens is 1. The van der Waals surface area contributed by atoms with Crippen LogP contribution < -0.4 is 16.4 Å². The van der Waals surface area contributed by atoms with Crippen LogP contribution in [0, 0.1) is 0 Å². The van der Waals surface area contributed by atoms with Crippen molar-refractivity contribution >= 4 is 23.3 Å². The molecule has 0 fully saturated rings. The highest BCUT2D eigenvalue weighted by molar-refractivity contribution is 6.04. The van der Waals surface area contributed by atoms with Crippen molar-refractivity contribution < 1.29 is 9.59 Å². The number of hydrogen-bond acceptors (Lipinski definition) is 4. The van der Waals surface area contributed by atoms with Gasteiger partial charge in [0.15, 0.2) is 0 Å². The van der Waals surface area contributed by atoms with Crippen LogP contribution in [0.3, 0.4) is 0 Å². The molecule has 6 heteroatoms. The Bertz CT molecular complexity index is 653. The lowest BCUT2D eigenvalue weighted by molar-refractivity contribution is -0.114. The third-order valence-electron chi connectivity index (χ3n) is 2.75. The highest BCUT2D eigenvalue weighted by Gasteiger charge is 2.08. The number of nitrogens with zero attached hydrogens (tertiary/aromatic N) is 1. The van der Waals surface area contributed by atoms with Gasteiger partial charge in [-0.2, -0.15) is 0 Å². The summed E-state index contributed by atoms with van der Waals surface area (Å²) in [4.78, 5) is 27.2. The minimum atomic E-state index is -0.296. The quantitative estimate of drug-likeness (QED) is 0.796. The van der Waals surface area contributed by atoms with Gasteiger partial charge in [-0.25, -0.2) is 4.98 Å². The molecule has 1 heterocycles. The molecule has 0 aliphatic carbocycles. The van der Waals surface area contributed by atoms with Gasteiger partial charge in [-0.05, 0) is 29.8 Å². The van der Waals surface area contributed by atoms with Gasteiger partial charge in [0.25, 0.3) is 5.91 Å². The number of anilines is 2. The van der Waals surface area contributed by atoms with Crippen LogP contribution >= 0.6 is 0 Å². The Morgan fingerprint density at radius 2 is 2.00 bits per heavy atom. The summed E-state index contributed by atoms with van der Waals surface area (Å²) in [7, 11) is 0. The first-order valence-electron chi connectivity index (χ1n) is 6.42. The van der Waals surface area contributed by atoms with Crippen LogP contribution in [0.5, 0.6) is 0 Å². The van der Waals surface area contributed by atoms with E-state index in [1.807, 2.05) is 0 Å². The number of hydrogen-bond donors (Lipinski definition) is 3. The van der Waals surface area contributed by atoms with Crippen LogP contribution in [0.25, 0.3) is 0 Å². The van der Waals surface area contributed by atoms with Gasteiger partial charge in [0.2, 0.25) is 5.91 Å². The van der Waals surface area contributed by atoms with Crippen LogP contribution in [-0.4, -0.2) is 16.8 Å². The Morgan fingerprint density at radius 1 is 1.19 bits per heavy atom. The molecule has 108 valence electrons. The largest absolute Gasteiger partial charge is 0.326 e. The first-order chi connectivity index (χ1) is 10.1. The number of nitrogens with two attached hydrogens (primary N) is 1. The number of pyridine rings is 1. The first kappa shape index (κ1) is 14.7. The lowest BCUT2D eigenvalue weighted by Gasteiger charge is -2.07. The van der Waals surface area contributed by atoms with Crippen LogP contribution in [0.2, 0.25) is 0 Å². The smallest absolute Gasteiger partial charge is 0.256 e. The maximum absolute atomic E-state index is 12.1. The van der Waals surface area contributed by atoms with Crippen LogP contribution in [-0.2, 0) is 11.3 Å². The van der Waals surface area contributed by atoms with Crippen molar-refractivity contribution in [1.82, 2.24) is 4.98 Å². The van der Waals surface area contributed by atoms with Crippen molar-refractivity contribution in [3.63, 3.8) is 0 Å². The monoisotopic (exact) mass is 284 g/mol. The molecule has 2 aromatic rings. The molecule has 21 heavy (non-hydrogen) atoms. The molecular formula is C15H16N4O2. The normalized spacial score (nSPS) is 10.0. The molecule has 0 aliphatic rings. The predicted molar refractivity (Wildman–Crippen MR) is 80.8 cm³/mol. The Labute approximate surface area is 122 Å². The van der Waals surface area contributed by atoms with E-state index in [4.69, 9.17) is 5.73 Å². The maximum atomic E-state index is 12.1. The van der Waals surface area contributed by atoms with Gasteiger partial charge < -0.3 is 16.4 Å². The van der Waals surface area contributed by atoms with Crippen molar-refractivity contribution in [1.29, 1.82) is 0 Å². The summed E-state index contributed by atoms with van der Waals surface area (Å²) < 4.78 is 0. The number of carbonyl (C=O) groups excluding carboxylic acids is 2. The number of carbonyl (C=O) groups is 2. The number of amides is 2. The van der Waals surface area contributed by atoms with E-state index in [1.54, 1.807) is 42.6 Å². The summed E-state index contributed by atoms with van der Waals surface area (Å²) in [5.74, 6) is -0.0380. The zero-order valence-corrected chi connectivity index (χ0v) is 11.6. The Balaban J connectivity index is 2.10. The zero-order chi connectivity index (χ0) is 15.2. The standard InChI is InChI=1S/C15H16N4O2/c1-10(20)18-13-4-2-3-12(7-13)15(21)19-14-6-5-11(8-16)9-17-14/h2-7,9H,8,16H2,1H3,(H,18,20)(H,17,19,21). The molecule has 0 bridgehead atoms. The molecule has 0 aliphatic heterocycles. The highest BCUT2D eigenvalue weighted by Crippen LogP contribution is 2.13. The van der Waals surface area contributed by atoms with Gasteiger partial charge in [0.05, 0.1) is 0 Å². The lowest BCUT2D eigenvalue weighted by atomic mass is 10.2. The summed E-state index contributed by atoms with van der Waals surface area (Å²) in [5.41, 5.74) is 7.38. The van der Waals surface area contributed by atoms with E-state index in [9.17, 15) is 9.59 Å². The van der Waals surface area contributed by atoms with E-state index in [2.05, 4.69) is 15.6 Å². The molecule has 2 rings (SSSR count). The Morgan fingerprint density at radius 3 is 2.62 bits per heavy atom. The minimum Gasteiger partial charge on any atom is -0.326 e. The van der Waals surface area contributed by atoms with Gasteiger partial charge in [-0.1, -0.05) is 12.1 Å². The van der Waals surface area contributed by atoms with Crippen molar-refractivity contribution in [2.75, 3.05) is 10.6 Å². The third kappa shape index (κ3) is 4.12. The first-order valence-corrected chi connectivity index (χ1v) is 6.42. The Hall–Kier alpha value is -2.73. The van der Waals surface area contributed by atoms with Crippen LogP contribution in [0.4, 0.5) is 11.5 Å². The van der Waals surface area contributed by atoms with Gasteiger partial charge in [-0.3, -0.25) is 9.59 Å². The third-order valence-corrected chi connectivity index (χ3v) is 2.75. The fourth-order valence-corrected chi connectivity index (χ4v) is 1.75. The molecule has 0 saturated carbocycles. The van der Waals surface area contributed by atoms with Gasteiger partial charge >= 0.3 is 0 Å². The molecule has 0 radical (unpaired) electrons. The van der Waals surface area contributed by atoms with Crippen molar-refractivity contribution in [3.8, 4) is 0 Å². The van der Waals surface area contributed by atoms with Gasteiger partial charge in [0, 0.05) is 30.9 Å². The van der Waals surface area contributed by atoms with Crippen molar-refractivity contribution in [2.45, 2.75) is 13.5 Å². The average molecular weight is 284 g/mol.